The molecule has 0 aliphatic heterocycles. The van der Waals surface area contributed by atoms with E-state index in [9.17, 15) is 0 Å². The summed E-state index contributed by atoms with van der Waals surface area (Å²) in [4.78, 5) is 8.78. The normalized spacial score (nSPS) is 12.3. The average molecular weight is 250 g/mol. The number of para-hydroxylation sites is 1. The van der Waals surface area contributed by atoms with E-state index in [0.717, 1.165) is 16.6 Å². The SMILES string of the molecule is C[C@@H](Oc1ccc2ccccc2n1)c1ccccn1. The summed E-state index contributed by atoms with van der Waals surface area (Å²) in [6.45, 7) is 1.97. The smallest absolute Gasteiger partial charge is 0.214 e. The molecule has 0 N–H and O–H groups in total. The van der Waals surface area contributed by atoms with Crippen LogP contribution in [0.1, 0.15) is 18.7 Å². The van der Waals surface area contributed by atoms with Crippen LogP contribution in [0.2, 0.25) is 0 Å². The number of nitrogens with zero attached hydrogens (tertiary/aromatic N) is 2. The van der Waals surface area contributed by atoms with Gasteiger partial charge in [0.15, 0.2) is 0 Å². The lowest BCUT2D eigenvalue weighted by Gasteiger charge is -2.13. The molecule has 1 atom stereocenters. The molecule has 0 amide bonds. The van der Waals surface area contributed by atoms with E-state index in [1.807, 2.05) is 61.5 Å². The highest BCUT2D eigenvalue weighted by molar-refractivity contribution is 5.78. The van der Waals surface area contributed by atoms with Crippen LogP contribution < -0.4 is 4.74 Å². The number of hydrogen-bond donors (Lipinski definition) is 0. The Hall–Kier alpha value is -2.42. The average Bonchev–Trinajstić information content (AvgIpc) is 2.48. The topological polar surface area (TPSA) is 35.0 Å². The van der Waals surface area contributed by atoms with Crippen molar-refractivity contribution in [2.45, 2.75) is 13.0 Å². The number of benzene rings is 1. The Balaban J connectivity index is 1.85. The summed E-state index contributed by atoms with van der Waals surface area (Å²) >= 11 is 0. The third-order valence-electron chi connectivity index (χ3n) is 2.97. The standard InChI is InChI=1S/C16H14N2O/c1-12(14-7-4-5-11-17-14)19-16-10-9-13-6-2-3-8-15(13)18-16/h2-12H,1H3/t12-/m1/s1. The van der Waals surface area contributed by atoms with Gasteiger partial charge in [0.2, 0.25) is 5.88 Å². The Labute approximate surface area is 111 Å². The molecule has 94 valence electrons. The number of aromatic nitrogens is 2. The third kappa shape index (κ3) is 2.55. The molecule has 3 heteroatoms. The summed E-state index contributed by atoms with van der Waals surface area (Å²) in [6, 6.07) is 17.7. The Morgan fingerprint density at radius 3 is 2.63 bits per heavy atom. The predicted octanol–water partition coefficient (Wildman–Crippen LogP) is 3.77. The molecule has 0 radical (unpaired) electrons. The van der Waals surface area contributed by atoms with E-state index in [4.69, 9.17) is 4.74 Å². The Kier molecular flexibility index (Phi) is 3.11. The van der Waals surface area contributed by atoms with Gasteiger partial charge in [0.25, 0.3) is 0 Å². The molecule has 0 bridgehead atoms. The summed E-state index contributed by atoms with van der Waals surface area (Å²) in [5.41, 5.74) is 1.84. The lowest BCUT2D eigenvalue weighted by atomic mass is 10.2. The molecule has 0 aliphatic carbocycles. The largest absolute Gasteiger partial charge is 0.468 e. The predicted molar refractivity (Wildman–Crippen MR) is 75.0 cm³/mol. The zero-order valence-corrected chi connectivity index (χ0v) is 10.7. The number of pyridine rings is 2. The van der Waals surface area contributed by atoms with Crippen molar-refractivity contribution in [3.8, 4) is 5.88 Å². The Bertz CT molecular complexity index is 682. The molecule has 0 aliphatic rings. The quantitative estimate of drug-likeness (QED) is 0.709. The van der Waals surface area contributed by atoms with Crippen molar-refractivity contribution >= 4 is 10.9 Å². The summed E-state index contributed by atoms with van der Waals surface area (Å²) in [6.07, 6.45) is 1.65. The third-order valence-corrected chi connectivity index (χ3v) is 2.97. The fourth-order valence-corrected chi connectivity index (χ4v) is 1.97. The van der Waals surface area contributed by atoms with Crippen molar-refractivity contribution in [1.82, 2.24) is 9.97 Å². The first-order chi connectivity index (χ1) is 9.33. The van der Waals surface area contributed by atoms with Crippen LogP contribution in [0, 0.1) is 0 Å². The van der Waals surface area contributed by atoms with Crippen LogP contribution in [-0.4, -0.2) is 9.97 Å². The Morgan fingerprint density at radius 2 is 1.79 bits per heavy atom. The van der Waals surface area contributed by atoms with E-state index in [-0.39, 0.29) is 6.10 Å². The van der Waals surface area contributed by atoms with Gasteiger partial charge < -0.3 is 4.74 Å². The molecule has 3 rings (SSSR count). The van der Waals surface area contributed by atoms with Gasteiger partial charge in [-0.1, -0.05) is 24.3 Å². The van der Waals surface area contributed by atoms with E-state index in [0.29, 0.717) is 5.88 Å². The summed E-state index contributed by atoms with van der Waals surface area (Å²) in [7, 11) is 0. The minimum absolute atomic E-state index is 0.116. The van der Waals surface area contributed by atoms with Crippen molar-refractivity contribution in [3.63, 3.8) is 0 Å². The van der Waals surface area contributed by atoms with Gasteiger partial charge in [-0.2, -0.15) is 0 Å². The summed E-state index contributed by atoms with van der Waals surface area (Å²) < 4.78 is 5.83. The highest BCUT2D eigenvalue weighted by Gasteiger charge is 2.09. The second kappa shape index (κ2) is 5.06. The van der Waals surface area contributed by atoms with Crippen molar-refractivity contribution in [2.24, 2.45) is 0 Å². The lowest BCUT2D eigenvalue weighted by Crippen LogP contribution is -2.05. The summed E-state index contributed by atoms with van der Waals surface area (Å²) in [5.74, 6) is 0.622. The van der Waals surface area contributed by atoms with Crippen LogP contribution in [0.5, 0.6) is 5.88 Å². The fraction of sp³-hybridized carbons (Fsp3) is 0.125. The minimum atomic E-state index is -0.116. The van der Waals surface area contributed by atoms with Crippen LogP contribution in [0.4, 0.5) is 0 Å². The minimum Gasteiger partial charge on any atom is -0.468 e. The van der Waals surface area contributed by atoms with Gasteiger partial charge in [0.1, 0.15) is 6.10 Å². The molecule has 1 aromatic carbocycles. The van der Waals surface area contributed by atoms with Crippen molar-refractivity contribution in [3.05, 3.63) is 66.5 Å². The van der Waals surface area contributed by atoms with Crippen molar-refractivity contribution in [2.75, 3.05) is 0 Å². The molecule has 3 aromatic rings. The molecule has 0 unspecified atom stereocenters. The first-order valence-electron chi connectivity index (χ1n) is 6.26. The van der Waals surface area contributed by atoms with Crippen LogP contribution >= 0.6 is 0 Å². The molecule has 0 fully saturated rings. The van der Waals surface area contributed by atoms with E-state index >= 15 is 0 Å². The highest BCUT2D eigenvalue weighted by atomic mass is 16.5. The fourth-order valence-electron chi connectivity index (χ4n) is 1.97. The molecule has 2 heterocycles. The molecule has 19 heavy (non-hydrogen) atoms. The van der Waals surface area contributed by atoms with Gasteiger partial charge in [0.05, 0.1) is 11.2 Å². The monoisotopic (exact) mass is 250 g/mol. The molecular formula is C16H14N2O. The first kappa shape index (κ1) is 11.7. The number of fused-ring (bicyclic) bond motifs is 1. The van der Waals surface area contributed by atoms with Gasteiger partial charge >= 0.3 is 0 Å². The molecular weight excluding hydrogens is 236 g/mol. The summed E-state index contributed by atoms with van der Waals surface area (Å²) in [5, 5.41) is 1.11. The van der Waals surface area contributed by atoms with Gasteiger partial charge in [0, 0.05) is 17.6 Å². The number of rotatable bonds is 3. The second-order valence-corrected chi connectivity index (χ2v) is 4.36. The van der Waals surface area contributed by atoms with Gasteiger partial charge in [-0.15, -0.1) is 0 Å². The maximum atomic E-state index is 5.83. The maximum absolute atomic E-state index is 5.83. The van der Waals surface area contributed by atoms with E-state index < -0.39 is 0 Å². The lowest BCUT2D eigenvalue weighted by molar-refractivity contribution is 0.213. The molecule has 0 saturated carbocycles. The number of hydrogen-bond acceptors (Lipinski definition) is 3. The Morgan fingerprint density at radius 1 is 0.947 bits per heavy atom. The molecule has 0 saturated heterocycles. The zero-order valence-electron chi connectivity index (χ0n) is 10.7. The second-order valence-electron chi connectivity index (χ2n) is 4.36. The van der Waals surface area contributed by atoms with Crippen molar-refractivity contribution in [1.29, 1.82) is 0 Å². The van der Waals surface area contributed by atoms with Gasteiger partial charge in [-0.05, 0) is 31.2 Å². The molecule has 2 aromatic heterocycles. The van der Waals surface area contributed by atoms with E-state index in [1.165, 1.54) is 0 Å². The van der Waals surface area contributed by atoms with Gasteiger partial charge in [-0.25, -0.2) is 4.98 Å². The van der Waals surface area contributed by atoms with E-state index in [2.05, 4.69) is 9.97 Å². The van der Waals surface area contributed by atoms with Crippen LogP contribution in [-0.2, 0) is 0 Å². The van der Waals surface area contributed by atoms with Crippen LogP contribution in [0.25, 0.3) is 10.9 Å². The maximum Gasteiger partial charge on any atom is 0.214 e. The van der Waals surface area contributed by atoms with Crippen LogP contribution in [0.3, 0.4) is 0 Å². The molecule has 0 spiro atoms. The van der Waals surface area contributed by atoms with Crippen molar-refractivity contribution < 1.29 is 4.74 Å². The van der Waals surface area contributed by atoms with E-state index in [1.54, 1.807) is 6.20 Å². The molecule has 3 nitrogen and oxygen atoms in total. The highest BCUT2D eigenvalue weighted by Crippen LogP contribution is 2.21. The van der Waals surface area contributed by atoms with Gasteiger partial charge in [-0.3, -0.25) is 4.98 Å². The number of ether oxygens (including phenoxy) is 1. The first-order valence-corrected chi connectivity index (χ1v) is 6.26. The van der Waals surface area contributed by atoms with Crippen LogP contribution in [0.15, 0.2) is 60.8 Å². The zero-order chi connectivity index (χ0) is 13.1.